The van der Waals surface area contributed by atoms with Crippen molar-refractivity contribution in [1.29, 1.82) is 0 Å². The lowest BCUT2D eigenvalue weighted by Crippen LogP contribution is -2.14. The van der Waals surface area contributed by atoms with E-state index in [0.717, 1.165) is 6.42 Å². The molecule has 19 heavy (non-hydrogen) atoms. The fourth-order valence-electron chi connectivity index (χ4n) is 3.02. The molecule has 0 saturated carbocycles. The molecule has 2 N–H and O–H groups in total. The van der Waals surface area contributed by atoms with Crippen molar-refractivity contribution in [3.05, 3.63) is 70.3 Å². The first-order valence-corrected chi connectivity index (χ1v) is 7.16. The smallest absolute Gasteiger partial charge is 0.0335 e. The van der Waals surface area contributed by atoms with Crippen LogP contribution in [0.3, 0.4) is 0 Å². The van der Waals surface area contributed by atoms with E-state index in [2.05, 4.69) is 49.4 Å². The van der Waals surface area contributed by atoms with E-state index in [1.165, 1.54) is 47.1 Å². The molecule has 0 fully saturated rings. The molecule has 3 rings (SSSR count). The highest BCUT2D eigenvalue weighted by molar-refractivity contribution is 5.37. The monoisotopic (exact) mass is 251 g/mol. The molecule has 0 bridgehead atoms. The quantitative estimate of drug-likeness (QED) is 0.884. The highest BCUT2D eigenvalue weighted by Crippen LogP contribution is 2.26. The van der Waals surface area contributed by atoms with Crippen LogP contribution < -0.4 is 5.73 Å². The summed E-state index contributed by atoms with van der Waals surface area (Å²) in [5.41, 5.74) is 13.4. The van der Waals surface area contributed by atoms with Crippen LogP contribution in [0.15, 0.2) is 42.5 Å². The summed E-state index contributed by atoms with van der Waals surface area (Å²) in [5.74, 6) is 0. The van der Waals surface area contributed by atoms with E-state index in [1.807, 2.05) is 0 Å². The maximum absolute atomic E-state index is 6.39. The van der Waals surface area contributed by atoms with Gasteiger partial charge in [-0.25, -0.2) is 0 Å². The Labute approximate surface area is 115 Å². The van der Waals surface area contributed by atoms with Crippen molar-refractivity contribution >= 4 is 0 Å². The molecule has 0 spiro atoms. The van der Waals surface area contributed by atoms with Gasteiger partial charge in [-0.2, -0.15) is 0 Å². The number of benzene rings is 2. The Morgan fingerprint density at radius 3 is 2.68 bits per heavy atom. The molecule has 1 unspecified atom stereocenters. The second-order valence-corrected chi connectivity index (χ2v) is 5.62. The standard InChI is InChI=1S/C18H21N/c1-13-5-2-3-6-15(13)12-18(19)17-10-9-14-7-4-8-16(14)11-17/h2-3,5-6,9-11,18H,4,7-8,12,19H2,1H3. The van der Waals surface area contributed by atoms with Gasteiger partial charge >= 0.3 is 0 Å². The van der Waals surface area contributed by atoms with E-state index in [0.29, 0.717) is 0 Å². The van der Waals surface area contributed by atoms with Crippen molar-refractivity contribution < 1.29 is 0 Å². The summed E-state index contributed by atoms with van der Waals surface area (Å²) in [7, 11) is 0. The minimum Gasteiger partial charge on any atom is -0.324 e. The minimum atomic E-state index is 0.104. The Hall–Kier alpha value is -1.60. The van der Waals surface area contributed by atoms with Gasteiger partial charge in [-0.3, -0.25) is 0 Å². The van der Waals surface area contributed by atoms with Crippen molar-refractivity contribution in [2.24, 2.45) is 5.73 Å². The van der Waals surface area contributed by atoms with Crippen LogP contribution in [0.4, 0.5) is 0 Å². The van der Waals surface area contributed by atoms with E-state index in [1.54, 1.807) is 0 Å². The largest absolute Gasteiger partial charge is 0.324 e. The molecule has 1 heteroatoms. The zero-order valence-corrected chi connectivity index (χ0v) is 11.5. The van der Waals surface area contributed by atoms with Gasteiger partial charge in [-0.15, -0.1) is 0 Å². The molecule has 0 amide bonds. The number of nitrogens with two attached hydrogens (primary N) is 1. The lowest BCUT2D eigenvalue weighted by molar-refractivity contribution is 0.717. The van der Waals surface area contributed by atoms with Gasteiger partial charge in [-0.1, -0.05) is 42.5 Å². The molecular formula is C18H21N. The van der Waals surface area contributed by atoms with Crippen LogP contribution in [0.1, 0.15) is 40.3 Å². The van der Waals surface area contributed by atoms with Gasteiger partial charge in [0.05, 0.1) is 0 Å². The second kappa shape index (κ2) is 5.18. The number of hydrogen-bond acceptors (Lipinski definition) is 1. The molecule has 0 aromatic heterocycles. The maximum Gasteiger partial charge on any atom is 0.0335 e. The molecule has 2 aromatic rings. The fraction of sp³-hybridized carbons (Fsp3) is 0.333. The Morgan fingerprint density at radius 2 is 1.84 bits per heavy atom. The summed E-state index contributed by atoms with van der Waals surface area (Å²) in [6.07, 6.45) is 4.68. The van der Waals surface area contributed by atoms with Gasteiger partial charge in [0.25, 0.3) is 0 Å². The first-order chi connectivity index (χ1) is 9.24. The van der Waals surface area contributed by atoms with E-state index in [-0.39, 0.29) is 6.04 Å². The Kier molecular flexibility index (Phi) is 3.39. The topological polar surface area (TPSA) is 26.0 Å². The van der Waals surface area contributed by atoms with E-state index in [4.69, 9.17) is 5.73 Å². The average Bonchev–Trinajstić information content (AvgIpc) is 2.88. The molecule has 2 aromatic carbocycles. The molecule has 0 saturated heterocycles. The van der Waals surface area contributed by atoms with Crippen molar-refractivity contribution in [3.8, 4) is 0 Å². The Morgan fingerprint density at radius 1 is 1.05 bits per heavy atom. The van der Waals surface area contributed by atoms with Crippen molar-refractivity contribution in [1.82, 2.24) is 0 Å². The average molecular weight is 251 g/mol. The number of fused-ring (bicyclic) bond motifs is 1. The van der Waals surface area contributed by atoms with Crippen LogP contribution in [0.5, 0.6) is 0 Å². The van der Waals surface area contributed by atoms with Crippen molar-refractivity contribution in [2.75, 3.05) is 0 Å². The Balaban J connectivity index is 1.81. The van der Waals surface area contributed by atoms with Crippen molar-refractivity contribution in [3.63, 3.8) is 0 Å². The van der Waals surface area contributed by atoms with Crippen LogP contribution in [0.2, 0.25) is 0 Å². The zero-order valence-electron chi connectivity index (χ0n) is 11.5. The second-order valence-electron chi connectivity index (χ2n) is 5.62. The highest BCUT2D eigenvalue weighted by atomic mass is 14.6. The van der Waals surface area contributed by atoms with Crippen molar-refractivity contribution in [2.45, 2.75) is 38.6 Å². The SMILES string of the molecule is Cc1ccccc1CC(N)c1ccc2c(c1)CCC2. The van der Waals surface area contributed by atoms with E-state index in [9.17, 15) is 0 Å². The highest BCUT2D eigenvalue weighted by Gasteiger charge is 2.14. The van der Waals surface area contributed by atoms with Crippen LogP contribution in [0.25, 0.3) is 0 Å². The summed E-state index contributed by atoms with van der Waals surface area (Å²) >= 11 is 0. The maximum atomic E-state index is 6.39. The summed E-state index contributed by atoms with van der Waals surface area (Å²) in [4.78, 5) is 0. The number of hydrogen-bond donors (Lipinski definition) is 1. The zero-order chi connectivity index (χ0) is 13.2. The first kappa shape index (κ1) is 12.4. The van der Waals surface area contributed by atoms with Gasteiger partial charge in [0.2, 0.25) is 0 Å². The molecule has 0 aliphatic heterocycles. The van der Waals surface area contributed by atoms with Gasteiger partial charge in [0.15, 0.2) is 0 Å². The molecule has 0 heterocycles. The molecule has 1 nitrogen and oxygen atoms in total. The third kappa shape index (κ3) is 2.57. The molecule has 1 atom stereocenters. The van der Waals surface area contributed by atoms with Gasteiger partial charge in [-0.05, 0) is 60.4 Å². The fourth-order valence-corrected chi connectivity index (χ4v) is 3.02. The summed E-state index contributed by atoms with van der Waals surface area (Å²) in [6.45, 7) is 2.16. The lowest BCUT2D eigenvalue weighted by Gasteiger charge is -2.15. The predicted molar refractivity (Wildman–Crippen MR) is 80.3 cm³/mol. The van der Waals surface area contributed by atoms with Crippen LogP contribution in [-0.4, -0.2) is 0 Å². The van der Waals surface area contributed by atoms with E-state index >= 15 is 0 Å². The molecule has 0 radical (unpaired) electrons. The van der Waals surface area contributed by atoms with Gasteiger partial charge in [0.1, 0.15) is 0 Å². The van der Waals surface area contributed by atoms with Gasteiger partial charge in [0, 0.05) is 6.04 Å². The van der Waals surface area contributed by atoms with Crippen LogP contribution in [0, 0.1) is 6.92 Å². The number of aryl methyl sites for hydroxylation is 3. The number of rotatable bonds is 3. The van der Waals surface area contributed by atoms with E-state index < -0.39 is 0 Å². The summed E-state index contributed by atoms with van der Waals surface area (Å²) < 4.78 is 0. The Bertz CT molecular complexity index is 586. The molecular weight excluding hydrogens is 230 g/mol. The predicted octanol–water partition coefficient (Wildman–Crippen LogP) is 3.73. The summed E-state index contributed by atoms with van der Waals surface area (Å²) in [6, 6.07) is 15.4. The third-order valence-electron chi connectivity index (χ3n) is 4.25. The first-order valence-electron chi connectivity index (χ1n) is 7.16. The summed E-state index contributed by atoms with van der Waals surface area (Å²) in [5, 5.41) is 0. The molecule has 98 valence electrons. The third-order valence-corrected chi connectivity index (χ3v) is 4.25. The lowest BCUT2D eigenvalue weighted by atomic mass is 9.95. The normalized spacial score (nSPS) is 15.3. The molecule has 1 aliphatic rings. The molecule has 1 aliphatic carbocycles. The van der Waals surface area contributed by atoms with Gasteiger partial charge < -0.3 is 5.73 Å². The van der Waals surface area contributed by atoms with Crippen LogP contribution in [-0.2, 0) is 19.3 Å². The van der Waals surface area contributed by atoms with Crippen LogP contribution >= 0.6 is 0 Å². The minimum absolute atomic E-state index is 0.104.